The molecule has 47 heavy (non-hydrogen) atoms. The summed E-state index contributed by atoms with van der Waals surface area (Å²) in [7, 11) is 2.94. The summed E-state index contributed by atoms with van der Waals surface area (Å²) in [5, 5.41) is 10.2. The van der Waals surface area contributed by atoms with E-state index in [1.807, 2.05) is 6.07 Å². The number of methoxy groups -OCH3 is 2. The highest BCUT2D eigenvalue weighted by atomic mass is 79.9. The summed E-state index contributed by atoms with van der Waals surface area (Å²) in [5.41, 5.74) is 5.04. The minimum Gasteiger partial charge on any atom is -0.493 e. The van der Waals surface area contributed by atoms with Gasteiger partial charge in [-0.05, 0) is 82.9 Å². The van der Waals surface area contributed by atoms with Crippen LogP contribution >= 0.6 is 39.1 Å². The van der Waals surface area contributed by atoms with Crippen LogP contribution in [0.4, 0.5) is 4.79 Å². The molecule has 1 aliphatic rings. The van der Waals surface area contributed by atoms with Gasteiger partial charge in [-0.3, -0.25) is 4.79 Å². The summed E-state index contributed by atoms with van der Waals surface area (Å²) in [4.78, 5) is 37.3. The zero-order chi connectivity index (χ0) is 34.1. The van der Waals surface area contributed by atoms with Gasteiger partial charge in [-0.15, -0.1) is 0 Å². The van der Waals surface area contributed by atoms with Gasteiger partial charge in [0.25, 0.3) is 5.91 Å². The van der Waals surface area contributed by atoms with Gasteiger partial charge in [-0.2, -0.15) is 5.10 Å². The molecule has 3 amide bonds. The number of benzene rings is 3. The molecule has 0 saturated heterocycles. The average Bonchev–Trinajstić information content (AvgIpc) is 3.04. The molecule has 0 saturated carbocycles. The van der Waals surface area contributed by atoms with Crippen molar-refractivity contribution < 1.29 is 38.1 Å². The first-order chi connectivity index (χ1) is 22.5. The summed E-state index contributed by atoms with van der Waals surface area (Å²) in [6.45, 7) is 3.34. The number of carbonyl (C=O) groups excluding carboxylic acids is 3. The summed E-state index contributed by atoms with van der Waals surface area (Å²) in [5.74, 6) is 0.363. The van der Waals surface area contributed by atoms with Gasteiger partial charge >= 0.3 is 12.0 Å². The number of halogens is 3. The van der Waals surface area contributed by atoms with Gasteiger partial charge in [0.15, 0.2) is 29.6 Å². The molecule has 1 atom stereocenters. The number of hydrazone groups is 1. The third kappa shape index (κ3) is 9.09. The number of carbonyl (C=O) groups is 3. The van der Waals surface area contributed by atoms with E-state index in [0.29, 0.717) is 42.8 Å². The van der Waals surface area contributed by atoms with Crippen LogP contribution < -0.4 is 35.0 Å². The van der Waals surface area contributed by atoms with Crippen LogP contribution in [0.25, 0.3) is 0 Å². The van der Waals surface area contributed by atoms with E-state index in [1.165, 1.54) is 20.4 Å². The molecule has 0 spiro atoms. The van der Waals surface area contributed by atoms with Gasteiger partial charge in [-0.1, -0.05) is 35.3 Å². The van der Waals surface area contributed by atoms with Crippen LogP contribution in [0.5, 0.6) is 23.0 Å². The van der Waals surface area contributed by atoms with E-state index >= 15 is 0 Å². The quantitative estimate of drug-likeness (QED) is 0.109. The maximum Gasteiger partial charge on any atom is 0.338 e. The van der Waals surface area contributed by atoms with E-state index in [0.717, 1.165) is 5.56 Å². The molecule has 1 aliphatic heterocycles. The highest BCUT2D eigenvalue weighted by Crippen LogP contribution is 2.37. The summed E-state index contributed by atoms with van der Waals surface area (Å²) in [6, 6.07) is 12.3. The summed E-state index contributed by atoms with van der Waals surface area (Å²) >= 11 is 15.6. The van der Waals surface area contributed by atoms with Crippen molar-refractivity contribution in [2.45, 2.75) is 26.5 Å². The maximum atomic E-state index is 12.6. The monoisotopic (exact) mass is 748 g/mol. The Hall–Kier alpha value is -4.46. The van der Waals surface area contributed by atoms with Gasteiger partial charge in [0.1, 0.15) is 6.61 Å². The van der Waals surface area contributed by atoms with Crippen LogP contribution in [-0.2, 0) is 20.9 Å². The number of hydrogen-bond donors (Lipinski definition) is 3. The fourth-order valence-electron chi connectivity index (χ4n) is 4.50. The van der Waals surface area contributed by atoms with Gasteiger partial charge in [0, 0.05) is 5.70 Å². The highest BCUT2D eigenvalue weighted by Gasteiger charge is 2.32. The molecule has 0 aromatic heterocycles. The molecule has 248 valence electrons. The van der Waals surface area contributed by atoms with Crippen molar-refractivity contribution in [3.63, 3.8) is 0 Å². The van der Waals surface area contributed by atoms with E-state index in [9.17, 15) is 14.4 Å². The minimum atomic E-state index is -0.787. The normalized spacial score (nSPS) is 14.3. The second kappa shape index (κ2) is 16.4. The van der Waals surface area contributed by atoms with Crippen LogP contribution in [0.1, 0.15) is 36.6 Å². The molecule has 0 fully saturated rings. The van der Waals surface area contributed by atoms with Crippen molar-refractivity contribution in [3.8, 4) is 23.0 Å². The van der Waals surface area contributed by atoms with Gasteiger partial charge in [0.2, 0.25) is 0 Å². The molecular formula is C32H31BrCl2N4O8. The summed E-state index contributed by atoms with van der Waals surface area (Å²) in [6.07, 6.45) is 1.44. The van der Waals surface area contributed by atoms with Crippen molar-refractivity contribution in [2.75, 3.05) is 27.4 Å². The summed E-state index contributed by atoms with van der Waals surface area (Å²) < 4.78 is 28.3. The lowest BCUT2D eigenvalue weighted by Gasteiger charge is -2.28. The number of allylic oxidation sites excluding steroid dienone is 1. The molecule has 0 unspecified atom stereocenters. The van der Waals surface area contributed by atoms with Crippen molar-refractivity contribution in [1.29, 1.82) is 0 Å². The van der Waals surface area contributed by atoms with E-state index in [2.05, 4.69) is 37.1 Å². The number of amides is 3. The largest absolute Gasteiger partial charge is 0.493 e. The average molecular weight is 750 g/mol. The second-order valence-electron chi connectivity index (χ2n) is 9.85. The Labute approximate surface area is 289 Å². The first kappa shape index (κ1) is 35.4. The molecule has 0 radical (unpaired) electrons. The number of rotatable bonds is 13. The van der Waals surface area contributed by atoms with Crippen molar-refractivity contribution in [2.24, 2.45) is 5.10 Å². The van der Waals surface area contributed by atoms with Gasteiger partial charge in [0.05, 0.1) is 53.2 Å². The predicted molar refractivity (Wildman–Crippen MR) is 179 cm³/mol. The van der Waals surface area contributed by atoms with Crippen molar-refractivity contribution in [1.82, 2.24) is 16.1 Å². The van der Waals surface area contributed by atoms with Gasteiger partial charge in [-0.25, -0.2) is 15.0 Å². The minimum absolute atomic E-state index is 0.174. The first-order valence-corrected chi connectivity index (χ1v) is 15.6. The van der Waals surface area contributed by atoms with E-state index < -0.39 is 23.9 Å². The molecule has 0 bridgehead atoms. The van der Waals surface area contributed by atoms with Gasteiger partial charge < -0.3 is 34.3 Å². The Balaban J connectivity index is 1.37. The van der Waals surface area contributed by atoms with E-state index in [1.54, 1.807) is 56.3 Å². The van der Waals surface area contributed by atoms with Crippen LogP contribution in [0.3, 0.4) is 0 Å². The number of urea groups is 1. The standard InChI is InChI=1S/C32H31BrCl2N4O8/c1-5-45-31(41)28-17(2)37-32(42)38-29(28)20-7-9-24(25(13-20)43-3)46-16-27(40)39-36-14-19-10-21(33)30(26(12-19)44-4)47-15-18-6-8-22(34)23(35)11-18/h6-14,29H,5,15-16H2,1-4H3,(H,39,40)(H2,37,38,42)/b36-14-/t29-/m0/s1. The van der Waals surface area contributed by atoms with E-state index in [-0.39, 0.29) is 36.9 Å². The molecule has 1 heterocycles. The topological polar surface area (TPSA) is 146 Å². The smallest absolute Gasteiger partial charge is 0.338 e. The zero-order valence-corrected chi connectivity index (χ0v) is 28.8. The fourth-order valence-corrected chi connectivity index (χ4v) is 5.39. The molecular weight excluding hydrogens is 719 g/mol. The van der Waals surface area contributed by atoms with Crippen LogP contribution in [0, 0.1) is 0 Å². The Morgan fingerprint density at radius 2 is 1.77 bits per heavy atom. The number of nitrogens with one attached hydrogen (secondary N) is 3. The Morgan fingerprint density at radius 1 is 1.00 bits per heavy atom. The number of ether oxygens (including phenoxy) is 5. The molecule has 3 N–H and O–H groups in total. The molecule has 12 nitrogen and oxygen atoms in total. The number of esters is 1. The lowest BCUT2D eigenvalue weighted by atomic mass is 9.95. The predicted octanol–water partition coefficient (Wildman–Crippen LogP) is 6.07. The SMILES string of the molecule is CCOC(=O)C1=C(C)NC(=O)N[C@H]1c1ccc(OCC(=O)N/N=C\c2cc(Br)c(OCc3ccc(Cl)c(Cl)c3)c(OC)c2)c(OC)c1. The zero-order valence-electron chi connectivity index (χ0n) is 25.7. The first-order valence-electron chi connectivity index (χ1n) is 14.1. The molecule has 4 rings (SSSR count). The van der Waals surface area contributed by atoms with Crippen LogP contribution in [0.2, 0.25) is 10.0 Å². The van der Waals surface area contributed by atoms with E-state index in [4.69, 9.17) is 46.9 Å². The lowest BCUT2D eigenvalue weighted by molar-refractivity contribution is -0.139. The Kier molecular flexibility index (Phi) is 12.3. The number of hydrogen-bond acceptors (Lipinski definition) is 9. The molecule has 3 aromatic carbocycles. The molecule has 0 aliphatic carbocycles. The molecule has 15 heteroatoms. The fraction of sp³-hybridized carbons (Fsp3) is 0.250. The van der Waals surface area contributed by atoms with Crippen LogP contribution in [-0.4, -0.2) is 51.6 Å². The third-order valence-corrected chi connectivity index (χ3v) is 7.99. The van der Waals surface area contributed by atoms with Crippen molar-refractivity contribution in [3.05, 3.63) is 91.0 Å². The maximum absolute atomic E-state index is 12.6. The van der Waals surface area contributed by atoms with Crippen LogP contribution in [0.15, 0.2) is 69.4 Å². The third-order valence-electron chi connectivity index (χ3n) is 6.67. The second-order valence-corrected chi connectivity index (χ2v) is 11.5. The Bertz CT molecular complexity index is 1730. The lowest BCUT2D eigenvalue weighted by Crippen LogP contribution is -2.45. The Morgan fingerprint density at radius 3 is 2.47 bits per heavy atom. The number of nitrogens with zero attached hydrogens (tertiary/aromatic N) is 1. The van der Waals surface area contributed by atoms with Crippen molar-refractivity contribution >= 4 is 63.3 Å². The highest BCUT2D eigenvalue weighted by molar-refractivity contribution is 9.10. The molecule has 3 aromatic rings.